The molecule has 0 radical (unpaired) electrons. The highest BCUT2D eigenvalue weighted by Crippen LogP contribution is 2.25. The fourth-order valence-corrected chi connectivity index (χ4v) is 2.31. The molecule has 0 bridgehead atoms. The van der Waals surface area contributed by atoms with Crippen LogP contribution >= 0.6 is 23.2 Å². The first kappa shape index (κ1) is 17.1. The number of halogens is 2. The maximum absolute atomic E-state index is 12.2. The van der Waals surface area contributed by atoms with Crippen LogP contribution in [-0.4, -0.2) is 16.9 Å². The lowest BCUT2D eigenvalue weighted by atomic mass is 10.2. The zero-order valence-corrected chi connectivity index (χ0v) is 13.6. The van der Waals surface area contributed by atoms with Crippen LogP contribution in [-0.2, 0) is 4.79 Å². The first-order valence-electron chi connectivity index (χ1n) is 6.63. The lowest BCUT2D eigenvalue weighted by molar-refractivity contribution is -0.384. The van der Waals surface area contributed by atoms with Crippen LogP contribution in [0.4, 0.5) is 17.1 Å². The van der Waals surface area contributed by atoms with Crippen LogP contribution in [0.3, 0.4) is 0 Å². The number of hydrogen-bond acceptors (Lipinski definition) is 4. The minimum atomic E-state index is -0.622. The number of carbonyl (C=O) groups is 1. The van der Waals surface area contributed by atoms with E-state index in [1.807, 2.05) is 0 Å². The highest BCUT2D eigenvalue weighted by molar-refractivity contribution is 6.36. The fraction of sp³-hybridized carbons (Fsp3) is 0.133. The average Bonchev–Trinajstić information content (AvgIpc) is 2.50. The molecule has 1 atom stereocenters. The Kier molecular flexibility index (Phi) is 5.41. The Bertz CT molecular complexity index is 752. The van der Waals surface area contributed by atoms with E-state index in [-0.39, 0.29) is 11.6 Å². The molecule has 0 fully saturated rings. The van der Waals surface area contributed by atoms with Gasteiger partial charge in [0.15, 0.2) is 0 Å². The Hall–Kier alpha value is -2.31. The third-order valence-corrected chi connectivity index (χ3v) is 3.57. The normalized spacial score (nSPS) is 11.6. The maximum Gasteiger partial charge on any atom is 0.271 e. The van der Waals surface area contributed by atoms with E-state index in [1.54, 1.807) is 31.2 Å². The summed E-state index contributed by atoms with van der Waals surface area (Å²) in [7, 11) is 0. The Morgan fingerprint density at radius 2 is 1.96 bits per heavy atom. The third kappa shape index (κ3) is 4.58. The second kappa shape index (κ2) is 7.30. The van der Waals surface area contributed by atoms with E-state index in [2.05, 4.69) is 10.6 Å². The van der Waals surface area contributed by atoms with Crippen LogP contribution in [0.15, 0.2) is 42.5 Å². The topological polar surface area (TPSA) is 84.3 Å². The SMILES string of the molecule is C[C@H](Nc1cccc([N+](=O)[O-])c1)C(=O)Nc1ccc(Cl)cc1Cl. The standard InChI is InChI=1S/C15H13Cl2N3O3/c1-9(18-11-3-2-4-12(8-11)20(22)23)15(21)19-14-6-5-10(16)7-13(14)17/h2-9,18H,1H3,(H,19,21)/t9-/m0/s1. The molecule has 0 saturated heterocycles. The van der Waals surface area contributed by atoms with Crippen molar-refractivity contribution in [2.45, 2.75) is 13.0 Å². The van der Waals surface area contributed by atoms with Gasteiger partial charge in [-0.05, 0) is 31.2 Å². The molecule has 2 rings (SSSR count). The van der Waals surface area contributed by atoms with Crippen molar-refractivity contribution in [2.24, 2.45) is 0 Å². The van der Waals surface area contributed by atoms with Crippen molar-refractivity contribution in [1.82, 2.24) is 0 Å². The fourth-order valence-electron chi connectivity index (χ4n) is 1.86. The van der Waals surface area contributed by atoms with Crippen LogP contribution in [0, 0.1) is 10.1 Å². The van der Waals surface area contributed by atoms with E-state index in [1.165, 1.54) is 18.2 Å². The van der Waals surface area contributed by atoms with E-state index in [0.29, 0.717) is 21.4 Å². The largest absolute Gasteiger partial charge is 0.374 e. The van der Waals surface area contributed by atoms with Crippen molar-refractivity contribution in [2.75, 3.05) is 10.6 Å². The van der Waals surface area contributed by atoms with Crippen LogP contribution in [0.1, 0.15) is 6.92 Å². The molecule has 2 aromatic rings. The molecule has 0 spiro atoms. The Morgan fingerprint density at radius 1 is 1.22 bits per heavy atom. The van der Waals surface area contributed by atoms with Crippen LogP contribution in [0.5, 0.6) is 0 Å². The van der Waals surface area contributed by atoms with Gasteiger partial charge in [-0.2, -0.15) is 0 Å². The average molecular weight is 354 g/mol. The van der Waals surface area contributed by atoms with Crippen molar-refractivity contribution >= 4 is 46.2 Å². The molecule has 0 aromatic heterocycles. The number of non-ortho nitro benzene ring substituents is 1. The lowest BCUT2D eigenvalue weighted by Crippen LogP contribution is -2.31. The highest BCUT2D eigenvalue weighted by atomic mass is 35.5. The number of amides is 1. The molecule has 8 heteroatoms. The van der Waals surface area contributed by atoms with Gasteiger partial charge in [0.2, 0.25) is 5.91 Å². The lowest BCUT2D eigenvalue weighted by Gasteiger charge is -2.16. The molecule has 6 nitrogen and oxygen atoms in total. The summed E-state index contributed by atoms with van der Waals surface area (Å²) in [6, 6.07) is 10.0. The van der Waals surface area contributed by atoms with Crippen molar-refractivity contribution in [3.8, 4) is 0 Å². The summed E-state index contributed by atoms with van der Waals surface area (Å²) in [6.45, 7) is 1.64. The quantitative estimate of drug-likeness (QED) is 0.618. The van der Waals surface area contributed by atoms with Crippen molar-refractivity contribution < 1.29 is 9.72 Å². The Labute approximate surface area is 142 Å². The van der Waals surface area contributed by atoms with Crippen molar-refractivity contribution in [1.29, 1.82) is 0 Å². The molecule has 0 unspecified atom stereocenters. The highest BCUT2D eigenvalue weighted by Gasteiger charge is 2.15. The first-order valence-corrected chi connectivity index (χ1v) is 7.39. The molecule has 23 heavy (non-hydrogen) atoms. The van der Waals surface area contributed by atoms with Gasteiger partial charge in [0.1, 0.15) is 6.04 Å². The van der Waals surface area contributed by atoms with Gasteiger partial charge in [0.05, 0.1) is 15.6 Å². The number of benzene rings is 2. The molecule has 0 saturated carbocycles. The van der Waals surface area contributed by atoms with Crippen molar-refractivity contribution in [3.63, 3.8) is 0 Å². The molecule has 0 aliphatic carbocycles. The molecular formula is C15H13Cl2N3O3. The number of anilines is 2. The maximum atomic E-state index is 12.2. The minimum Gasteiger partial charge on any atom is -0.374 e. The summed E-state index contributed by atoms with van der Waals surface area (Å²) < 4.78 is 0. The number of nitro benzene ring substituents is 1. The van der Waals surface area contributed by atoms with E-state index in [9.17, 15) is 14.9 Å². The molecule has 0 heterocycles. The van der Waals surface area contributed by atoms with Gasteiger partial charge in [0, 0.05) is 22.8 Å². The van der Waals surface area contributed by atoms with Crippen LogP contribution < -0.4 is 10.6 Å². The number of carbonyl (C=O) groups excluding carboxylic acids is 1. The minimum absolute atomic E-state index is 0.0525. The van der Waals surface area contributed by atoms with E-state index < -0.39 is 11.0 Å². The predicted molar refractivity (Wildman–Crippen MR) is 91.3 cm³/mol. The molecule has 2 N–H and O–H groups in total. The number of nitrogens with one attached hydrogen (secondary N) is 2. The molecule has 1 amide bonds. The zero-order chi connectivity index (χ0) is 17.0. The molecule has 2 aromatic carbocycles. The third-order valence-electron chi connectivity index (χ3n) is 3.02. The van der Waals surface area contributed by atoms with Gasteiger partial charge in [-0.1, -0.05) is 29.3 Å². The number of hydrogen-bond donors (Lipinski definition) is 2. The first-order chi connectivity index (χ1) is 10.9. The van der Waals surface area contributed by atoms with Gasteiger partial charge >= 0.3 is 0 Å². The van der Waals surface area contributed by atoms with E-state index in [0.717, 1.165) is 0 Å². The Morgan fingerprint density at radius 3 is 2.61 bits per heavy atom. The summed E-state index contributed by atoms with van der Waals surface area (Å²) in [5, 5.41) is 17.1. The summed E-state index contributed by atoms with van der Waals surface area (Å²) in [5.74, 6) is -0.333. The van der Waals surface area contributed by atoms with Gasteiger partial charge in [-0.3, -0.25) is 14.9 Å². The zero-order valence-electron chi connectivity index (χ0n) is 12.0. The Balaban J connectivity index is 2.05. The van der Waals surface area contributed by atoms with Gasteiger partial charge in [-0.15, -0.1) is 0 Å². The van der Waals surface area contributed by atoms with Gasteiger partial charge in [0.25, 0.3) is 5.69 Å². The molecule has 0 aliphatic heterocycles. The van der Waals surface area contributed by atoms with Gasteiger partial charge in [-0.25, -0.2) is 0 Å². The summed E-state index contributed by atoms with van der Waals surface area (Å²) in [6.07, 6.45) is 0. The number of nitro groups is 1. The molecule has 120 valence electrons. The number of rotatable bonds is 5. The second-order valence-corrected chi connectivity index (χ2v) is 5.63. The predicted octanol–water partition coefficient (Wildman–Crippen LogP) is 4.34. The monoisotopic (exact) mass is 353 g/mol. The summed E-state index contributed by atoms with van der Waals surface area (Å²) in [5.41, 5.74) is 0.862. The van der Waals surface area contributed by atoms with Crippen LogP contribution in [0.25, 0.3) is 0 Å². The molecular weight excluding hydrogens is 341 g/mol. The second-order valence-electron chi connectivity index (χ2n) is 4.79. The molecule has 0 aliphatic rings. The summed E-state index contributed by atoms with van der Waals surface area (Å²) in [4.78, 5) is 22.4. The smallest absolute Gasteiger partial charge is 0.271 e. The van der Waals surface area contributed by atoms with Gasteiger partial charge < -0.3 is 10.6 Å². The van der Waals surface area contributed by atoms with Crippen molar-refractivity contribution in [3.05, 3.63) is 62.6 Å². The number of nitrogens with zero attached hydrogens (tertiary/aromatic N) is 1. The van der Waals surface area contributed by atoms with E-state index in [4.69, 9.17) is 23.2 Å². The summed E-state index contributed by atoms with van der Waals surface area (Å²) >= 11 is 11.8. The van der Waals surface area contributed by atoms with Crippen LogP contribution in [0.2, 0.25) is 10.0 Å². The van der Waals surface area contributed by atoms with E-state index >= 15 is 0 Å².